The Balaban J connectivity index is 2.12. The fraction of sp³-hybridized carbons (Fsp3) is 0.417. The summed E-state index contributed by atoms with van der Waals surface area (Å²) in [5.41, 5.74) is 0.960. The molecular formula is C12H12N4O2S2. The standard InChI is InChI=1S/C12H12N4O2S2/c13-8-9-4-1-2-7-16(9)20(17,18)11-6-3-5-10-12(11)15-19-14-10/h3,5-6,9H,1-2,4,7H2. The second-order valence-corrected chi connectivity index (χ2v) is 7.03. The quantitative estimate of drug-likeness (QED) is 0.843. The second kappa shape index (κ2) is 5.09. The average Bonchev–Trinajstić information content (AvgIpc) is 2.95. The number of sulfonamides is 1. The summed E-state index contributed by atoms with van der Waals surface area (Å²) in [4.78, 5) is 0.144. The molecule has 0 saturated carbocycles. The van der Waals surface area contributed by atoms with Crippen LogP contribution in [0.5, 0.6) is 0 Å². The Bertz CT molecular complexity index is 778. The van der Waals surface area contributed by atoms with Crippen molar-refractivity contribution < 1.29 is 8.42 Å². The van der Waals surface area contributed by atoms with Gasteiger partial charge in [0.1, 0.15) is 22.0 Å². The highest BCUT2D eigenvalue weighted by Gasteiger charge is 2.35. The van der Waals surface area contributed by atoms with Crippen molar-refractivity contribution in [2.24, 2.45) is 0 Å². The number of benzene rings is 1. The summed E-state index contributed by atoms with van der Waals surface area (Å²) < 4.78 is 35.0. The molecule has 0 spiro atoms. The average molecular weight is 308 g/mol. The molecule has 2 aromatic rings. The number of rotatable bonds is 2. The van der Waals surface area contributed by atoms with Gasteiger partial charge in [-0.1, -0.05) is 6.07 Å². The van der Waals surface area contributed by atoms with Gasteiger partial charge < -0.3 is 0 Å². The van der Waals surface area contributed by atoms with E-state index in [2.05, 4.69) is 14.8 Å². The van der Waals surface area contributed by atoms with Crippen LogP contribution in [0.1, 0.15) is 19.3 Å². The maximum absolute atomic E-state index is 12.8. The number of hydrogen-bond donors (Lipinski definition) is 0. The van der Waals surface area contributed by atoms with Crippen LogP contribution in [-0.2, 0) is 10.0 Å². The highest BCUT2D eigenvalue weighted by Crippen LogP contribution is 2.28. The zero-order valence-corrected chi connectivity index (χ0v) is 12.2. The zero-order valence-electron chi connectivity index (χ0n) is 10.6. The van der Waals surface area contributed by atoms with Crippen LogP contribution in [0.2, 0.25) is 0 Å². The van der Waals surface area contributed by atoms with Gasteiger partial charge in [0.2, 0.25) is 10.0 Å². The number of nitriles is 1. The van der Waals surface area contributed by atoms with Gasteiger partial charge in [-0.2, -0.15) is 18.3 Å². The van der Waals surface area contributed by atoms with E-state index < -0.39 is 16.1 Å². The van der Waals surface area contributed by atoms with E-state index in [0.29, 0.717) is 24.0 Å². The Morgan fingerprint density at radius 3 is 3.00 bits per heavy atom. The summed E-state index contributed by atoms with van der Waals surface area (Å²) in [5.74, 6) is 0. The third-order valence-corrected chi connectivity index (χ3v) is 5.92. The molecule has 1 saturated heterocycles. The lowest BCUT2D eigenvalue weighted by atomic mass is 10.1. The molecule has 0 amide bonds. The lowest BCUT2D eigenvalue weighted by Crippen LogP contribution is -2.42. The van der Waals surface area contributed by atoms with Crippen LogP contribution in [0.4, 0.5) is 0 Å². The zero-order chi connectivity index (χ0) is 14.2. The first-order valence-corrected chi connectivity index (χ1v) is 8.44. The molecule has 3 rings (SSSR count). The lowest BCUT2D eigenvalue weighted by molar-refractivity contribution is 0.297. The monoisotopic (exact) mass is 308 g/mol. The molecule has 1 aliphatic rings. The maximum Gasteiger partial charge on any atom is 0.246 e. The molecule has 2 heterocycles. The van der Waals surface area contributed by atoms with Crippen molar-refractivity contribution in [1.82, 2.24) is 13.1 Å². The number of piperidine rings is 1. The Labute approximate surface area is 121 Å². The summed E-state index contributed by atoms with van der Waals surface area (Å²) >= 11 is 0.988. The third-order valence-electron chi connectivity index (χ3n) is 3.44. The summed E-state index contributed by atoms with van der Waals surface area (Å²) in [6.07, 6.45) is 2.25. The second-order valence-electron chi connectivity index (χ2n) is 4.64. The Morgan fingerprint density at radius 2 is 2.20 bits per heavy atom. The van der Waals surface area contributed by atoms with Crippen LogP contribution in [0.25, 0.3) is 11.0 Å². The Kier molecular flexibility index (Phi) is 3.41. The van der Waals surface area contributed by atoms with Crippen molar-refractivity contribution in [1.29, 1.82) is 5.26 Å². The number of aromatic nitrogens is 2. The topological polar surface area (TPSA) is 87.0 Å². The van der Waals surface area contributed by atoms with Crippen LogP contribution in [0.3, 0.4) is 0 Å². The van der Waals surface area contributed by atoms with Crippen molar-refractivity contribution in [2.45, 2.75) is 30.2 Å². The van der Waals surface area contributed by atoms with Crippen LogP contribution in [-0.4, -0.2) is 34.1 Å². The molecule has 104 valence electrons. The molecule has 1 aromatic carbocycles. The minimum absolute atomic E-state index is 0.144. The van der Waals surface area contributed by atoms with Gasteiger partial charge in [-0.25, -0.2) is 8.42 Å². The smallest absolute Gasteiger partial charge is 0.207 e. The molecule has 1 fully saturated rings. The molecule has 8 heteroatoms. The Morgan fingerprint density at radius 1 is 1.35 bits per heavy atom. The molecule has 20 heavy (non-hydrogen) atoms. The van der Waals surface area contributed by atoms with Crippen LogP contribution >= 0.6 is 11.7 Å². The summed E-state index contributed by atoms with van der Waals surface area (Å²) in [5, 5.41) is 9.16. The molecule has 0 N–H and O–H groups in total. The van der Waals surface area contributed by atoms with E-state index in [1.165, 1.54) is 10.4 Å². The van der Waals surface area contributed by atoms with Gasteiger partial charge in [0.15, 0.2) is 0 Å². The first-order valence-electron chi connectivity index (χ1n) is 6.27. The lowest BCUT2D eigenvalue weighted by Gasteiger charge is -2.30. The van der Waals surface area contributed by atoms with E-state index in [0.717, 1.165) is 24.6 Å². The fourth-order valence-electron chi connectivity index (χ4n) is 2.44. The van der Waals surface area contributed by atoms with Gasteiger partial charge in [0, 0.05) is 6.54 Å². The van der Waals surface area contributed by atoms with Crippen LogP contribution < -0.4 is 0 Å². The molecule has 1 atom stereocenters. The highest BCUT2D eigenvalue weighted by atomic mass is 32.2. The van der Waals surface area contributed by atoms with E-state index in [4.69, 9.17) is 5.26 Å². The van der Waals surface area contributed by atoms with Crippen molar-refractivity contribution in [3.8, 4) is 6.07 Å². The van der Waals surface area contributed by atoms with Gasteiger partial charge in [-0.3, -0.25) is 0 Å². The van der Waals surface area contributed by atoms with E-state index in [-0.39, 0.29) is 4.90 Å². The van der Waals surface area contributed by atoms with Gasteiger partial charge in [0.05, 0.1) is 17.8 Å². The van der Waals surface area contributed by atoms with E-state index in [1.54, 1.807) is 12.1 Å². The summed E-state index contributed by atoms with van der Waals surface area (Å²) in [7, 11) is -3.70. The number of fused-ring (bicyclic) bond motifs is 1. The van der Waals surface area contributed by atoms with Crippen LogP contribution in [0, 0.1) is 11.3 Å². The van der Waals surface area contributed by atoms with Crippen molar-refractivity contribution >= 4 is 32.8 Å². The third kappa shape index (κ3) is 2.08. The summed E-state index contributed by atoms with van der Waals surface area (Å²) in [6.45, 7) is 0.383. The molecule has 1 unspecified atom stereocenters. The van der Waals surface area contributed by atoms with Gasteiger partial charge in [-0.15, -0.1) is 0 Å². The van der Waals surface area contributed by atoms with E-state index in [1.807, 2.05) is 0 Å². The predicted octanol–water partition coefficient (Wildman–Crippen LogP) is 1.76. The van der Waals surface area contributed by atoms with E-state index >= 15 is 0 Å². The minimum Gasteiger partial charge on any atom is -0.207 e. The first-order chi connectivity index (χ1) is 9.64. The SMILES string of the molecule is N#CC1CCCCN1S(=O)(=O)c1cccc2nsnc12. The molecule has 1 aliphatic heterocycles. The highest BCUT2D eigenvalue weighted by molar-refractivity contribution is 7.89. The van der Waals surface area contributed by atoms with Gasteiger partial charge in [0.25, 0.3) is 0 Å². The van der Waals surface area contributed by atoms with E-state index in [9.17, 15) is 8.42 Å². The fourth-order valence-corrected chi connectivity index (χ4v) is 4.80. The van der Waals surface area contributed by atoms with Gasteiger partial charge >= 0.3 is 0 Å². The number of nitrogens with zero attached hydrogens (tertiary/aromatic N) is 4. The maximum atomic E-state index is 12.8. The summed E-state index contributed by atoms with van der Waals surface area (Å²) in [6, 6.07) is 6.41. The molecular weight excluding hydrogens is 296 g/mol. The van der Waals surface area contributed by atoms with Crippen LogP contribution in [0.15, 0.2) is 23.1 Å². The molecule has 6 nitrogen and oxygen atoms in total. The minimum atomic E-state index is -3.70. The molecule has 0 bridgehead atoms. The first kappa shape index (κ1) is 13.4. The van der Waals surface area contributed by atoms with Gasteiger partial charge in [-0.05, 0) is 31.4 Å². The molecule has 0 aliphatic carbocycles. The largest absolute Gasteiger partial charge is 0.246 e. The predicted molar refractivity (Wildman–Crippen MR) is 74.6 cm³/mol. The normalized spacial score (nSPS) is 20.9. The van der Waals surface area contributed by atoms with Crippen molar-refractivity contribution in [3.05, 3.63) is 18.2 Å². The van der Waals surface area contributed by atoms with Crippen molar-refractivity contribution in [3.63, 3.8) is 0 Å². The Hall–Kier alpha value is -1.56. The molecule has 1 aromatic heterocycles. The number of hydrogen-bond acceptors (Lipinski definition) is 6. The van der Waals surface area contributed by atoms with Crippen molar-refractivity contribution in [2.75, 3.05) is 6.54 Å². The molecule has 0 radical (unpaired) electrons.